The summed E-state index contributed by atoms with van der Waals surface area (Å²) in [6.07, 6.45) is 1.54. The highest BCUT2D eigenvalue weighted by molar-refractivity contribution is 7.89. The van der Waals surface area contributed by atoms with Gasteiger partial charge in [-0.1, -0.05) is 0 Å². The highest BCUT2D eigenvalue weighted by atomic mass is 32.2. The molecule has 0 aliphatic carbocycles. The lowest BCUT2D eigenvalue weighted by Crippen LogP contribution is -2.36. The SMILES string of the molecule is Cc1cc(N)c(S(=O)(=O)NC(C)CS(C)=O)cc1C. The minimum absolute atomic E-state index is 0.0735. The molecule has 1 aromatic carbocycles. The summed E-state index contributed by atoms with van der Waals surface area (Å²) in [5, 5.41) is 0. The smallest absolute Gasteiger partial charge is 0.242 e. The van der Waals surface area contributed by atoms with Crippen LogP contribution in [0.1, 0.15) is 18.1 Å². The van der Waals surface area contributed by atoms with Crippen LogP contribution in [0.5, 0.6) is 0 Å². The van der Waals surface area contributed by atoms with Crippen molar-refractivity contribution in [2.75, 3.05) is 17.7 Å². The van der Waals surface area contributed by atoms with Gasteiger partial charge in [0.1, 0.15) is 4.90 Å². The predicted molar refractivity (Wildman–Crippen MR) is 79.0 cm³/mol. The van der Waals surface area contributed by atoms with E-state index < -0.39 is 26.9 Å². The molecule has 0 aromatic heterocycles. The van der Waals surface area contributed by atoms with Crippen LogP contribution in [0.2, 0.25) is 0 Å². The quantitative estimate of drug-likeness (QED) is 0.792. The maximum absolute atomic E-state index is 12.2. The number of nitrogens with two attached hydrogens (primary N) is 1. The van der Waals surface area contributed by atoms with Crippen LogP contribution in [0.3, 0.4) is 0 Å². The van der Waals surface area contributed by atoms with Gasteiger partial charge in [0.25, 0.3) is 0 Å². The van der Waals surface area contributed by atoms with Crippen LogP contribution < -0.4 is 10.5 Å². The topological polar surface area (TPSA) is 89.3 Å². The second-order valence-electron chi connectivity index (χ2n) is 4.74. The van der Waals surface area contributed by atoms with E-state index in [2.05, 4.69) is 4.72 Å². The third-order valence-electron chi connectivity index (χ3n) is 2.76. The Bertz CT molecular complexity index is 597. The minimum Gasteiger partial charge on any atom is -0.398 e. The molecule has 2 unspecified atom stereocenters. The fourth-order valence-corrected chi connectivity index (χ4v) is 4.09. The monoisotopic (exact) mass is 304 g/mol. The Morgan fingerprint density at radius 2 is 1.84 bits per heavy atom. The number of benzene rings is 1. The van der Waals surface area contributed by atoms with E-state index in [9.17, 15) is 12.6 Å². The van der Waals surface area contributed by atoms with Gasteiger partial charge in [0.15, 0.2) is 0 Å². The summed E-state index contributed by atoms with van der Waals surface area (Å²) >= 11 is 0. The van der Waals surface area contributed by atoms with Crippen molar-refractivity contribution in [2.45, 2.75) is 31.7 Å². The van der Waals surface area contributed by atoms with E-state index in [-0.39, 0.29) is 16.3 Å². The van der Waals surface area contributed by atoms with Gasteiger partial charge in [0, 0.05) is 28.9 Å². The van der Waals surface area contributed by atoms with Crippen molar-refractivity contribution in [3.8, 4) is 0 Å². The van der Waals surface area contributed by atoms with Gasteiger partial charge < -0.3 is 5.73 Å². The first-order valence-corrected chi connectivity index (χ1v) is 9.03. The molecule has 0 heterocycles. The largest absolute Gasteiger partial charge is 0.398 e. The van der Waals surface area contributed by atoms with Crippen molar-refractivity contribution in [1.82, 2.24) is 4.72 Å². The van der Waals surface area contributed by atoms with E-state index in [1.807, 2.05) is 13.8 Å². The van der Waals surface area contributed by atoms with Crippen molar-refractivity contribution in [1.29, 1.82) is 0 Å². The van der Waals surface area contributed by atoms with Crippen LogP contribution in [0.25, 0.3) is 0 Å². The molecule has 0 saturated carbocycles. The molecular formula is C12H20N2O3S2. The summed E-state index contributed by atoms with van der Waals surface area (Å²) in [6, 6.07) is 2.80. The third kappa shape index (κ3) is 4.29. The van der Waals surface area contributed by atoms with Crippen LogP contribution in [-0.4, -0.2) is 30.7 Å². The lowest BCUT2D eigenvalue weighted by molar-refractivity contribution is 0.570. The first-order valence-electron chi connectivity index (χ1n) is 5.82. The lowest BCUT2D eigenvalue weighted by atomic mass is 10.1. The number of nitrogens with one attached hydrogen (secondary N) is 1. The van der Waals surface area contributed by atoms with Crippen LogP contribution in [0.15, 0.2) is 17.0 Å². The molecule has 3 N–H and O–H groups in total. The molecule has 108 valence electrons. The standard InChI is InChI=1S/C12H20N2O3S2/c1-8-5-11(13)12(6-9(8)2)19(16,17)14-10(3)7-18(4)15/h5-6,10,14H,7,13H2,1-4H3. The lowest BCUT2D eigenvalue weighted by Gasteiger charge is -2.15. The molecule has 0 spiro atoms. The molecule has 5 nitrogen and oxygen atoms in total. The summed E-state index contributed by atoms with van der Waals surface area (Å²) in [5.41, 5.74) is 7.80. The van der Waals surface area contributed by atoms with E-state index in [0.29, 0.717) is 0 Å². The van der Waals surface area contributed by atoms with Crippen molar-refractivity contribution in [2.24, 2.45) is 0 Å². The van der Waals surface area contributed by atoms with Gasteiger partial charge in [-0.15, -0.1) is 0 Å². The van der Waals surface area contributed by atoms with E-state index in [0.717, 1.165) is 11.1 Å². The first kappa shape index (κ1) is 16.1. The zero-order valence-electron chi connectivity index (χ0n) is 11.6. The summed E-state index contributed by atoms with van der Waals surface area (Å²) in [4.78, 5) is 0.0735. The molecular weight excluding hydrogens is 284 g/mol. The summed E-state index contributed by atoms with van der Waals surface area (Å²) in [7, 11) is -4.74. The van der Waals surface area contributed by atoms with E-state index in [1.165, 1.54) is 6.26 Å². The molecule has 1 aromatic rings. The molecule has 0 fully saturated rings. The minimum atomic E-state index is -3.68. The fourth-order valence-electron chi connectivity index (χ4n) is 1.76. The number of hydrogen-bond acceptors (Lipinski definition) is 4. The Hall–Kier alpha value is -0.920. The Morgan fingerprint density at radius 1 is 1.32 bits per heavy atom. The molecule has 0 bridgehead atoms. The highest BCUT2D eigenvalue weighted by Crippen LogP contribution is 2.22. The summed E-state index contributed by atoms with van der Waals surface area (Å²) in [5.74, 6) is 0.268. The zero-order valence-corrected chi connectivity index (χ0v) is 13.2. The molecule has 0 aliphatic heterocycles. The fraction of sp³-hybridized carbons (Fsp3) is 0.500. The van der Waals surface area contributed by atoms with Crippen LogP contribution in [0, 0.1) is 13.8 Å². The molecule has 1 rings (SSSR count). The molecule has 0 aliphatic rings. The molecule has 0 amide bonds. The number of aryl methyl sites for hydroxylation is 2. The van der Waals surface area contributed by atoms with Crippen LogP contribution >= 0.6 is 0 Å². The van der Waals surface area contributed by atoms with Gasteiger partial charge in [-0.25, -0.2) is 13.1 Å². The Labute approximate surface area is 117 Å². The van der Waals surface area contributed by atoms with Crippen molar-refractivity contribution in [3.63, 3.8) is 0 Å². The van der Waals surface area contributed by atoms with Gasteiger partial charge in [-0.3, -0.25) is 4.21 Å². The highest BCUT2D eigenvalue weighted by Gasteiger charge is 2.21. The third-order valence-corrected chi connectivity index (χ3v) is 5.37. The van der Waals surface area contributed by atoms with E-state index >= 15 is 0 Å². The number of hydrogen-bond donors (Lipinski definition) is 2. The Balaban J connectivity index is 3.07. The molecule has 7 heteroatoms. The maximum atomic E-state index is 12.2. The molecule has 2 atom stereocenters. The van der Waals surface area contributed by atoms with Crippen LogP contribution in [-0.2, 0) is 20.8 Å². The second-order valence-corrected chi connectivity index (χ2v) is 7.90. The summed E-state index contributed by atoms with van der Waals surface area (Å²) in [6.45, 7) is 5.38. The van der Waals surface area contributed by atoms with Gasteiger partial charge >= 0.3 is 0 Å². The van der Waals surface area contributed by atoms with Gasteiger partial charge in [-0.05, 0) is 44.0 Å². The van der Waals surface area contributed by atoms with Gasteiger partial charge in [0.05, 0.1) is 5.69 Å². The molecule has 0 radical (unpaired) electrons. The van der Waals surface area contributed by atoms with Gasteiger partial charge in [-0.2, -0.15) is 0 Å². The van der Waals surface area contributed by atoms with Crippen molar-refractivity contribution < 1.29 is 12.6 Å². The number of anilines is 1. The van der Waals surface area contributed by atoms with E-state index in [1.54, 1.807) is 19.1 Å². The second kappa shape index (κ2) is 6.02. The van der Waals surface area contributed by atoms with Crippen molar-refractivity contribution in [3.05, 3.63) is 23.3 Å². The predicted octanol–water partition coefficient (Wildman–Crippen LogP) is 0.931. The first-order chi connectivity index (χ1) is 8.63. The van der Waals surface area contributed by atoms with Crippen LogP contribution in [0.4, 0.5) is 5.69 Å². The zero-order chi connectivity index (χ0) is 14.8. The maximum Gasteiger partial charge on any atom is 0.242 e. The van der Waals surface area contributed by atoms with Gasteiger partial charge in [0.2, 0.25) is 10.0 Å². The molecule has 0 saturated heterocycles. The Morgan fingerprint density at radius 3 is 2.37 bits per heavy atom. The average Bonchev–Trinajstić information content (AvgIpc) is 2.20. The number of rotatable bonds is 5. The molecule has 19 heavy (non-hydrogen) atoms. The number of nitrogen functional groups attached to an aromatic ring is 1. The number of sulfonamides is 1. The van der Waals surface area contributed by atoms with Crippen molar-refractivity contribution >= 4 is 26.5 Å². The van der Waals surface area contributed by atoms with E-state index in [4.69, 9.17) is 5.73 Å². The Kier molecular flexibility index (Phi) is 5.11. The summed E-state index contributed by atoms with van der Waals surface area (Å²) < 4.78 is 38.0. The normalized spacial score (nSPS) is 15.2. The average molecular weight is 304 g/mol.